The third-order valence-electron chi connectivity index (χ3n) is 6.01. The molecule has 1 saturated carbocycles. The molecule has 0 bridgehead atoms. The highest BCUT2D eigenvalue weighted by Gasteiger charge is 2.26. The Morgan fingerprint density at radius 1 is 1.10 bits per heavy atom. The van der Waals surface area contributed by atoms with Crippen LogP contribution in [0.5, 0.6) is 11.5 Å². The quantitative estimate of drug-likeness (QED) is 0.466. The van der Waals surface area contributed by atoms with Crippen LogP contribution < -0.4 is 9.47 Å². The third kappa shape index (κ3) is 5.10. The van der Waals surface area contributed by atoms with Gasteiger partial charge < -0.3 is 14.3 Å². The summed E-state index contributed by atoms with van der Waals surface area (Å²) in [6.45, 7) is 0.319. The minimum absolute atomic E-state index is 0.143. The second kappa shape index (κ2) is 8.74. The molecule has 1 heterocycles. The molecule has 8 nitrogen and oxygen atoms in total. The van der Waals surface area contributed by atoms with E-state index in [0.717, 1.165) is 48.8 Å². The number of rotatable bonds is 7. The Bertz CT molecular complexity index is 1070. The van der Waals surface area contributed by atoms with Gasteiger partial charge in [0, 0.05) is 6.26 Å². The summed E-state index contributed by atoms with van der Waals surface area (Å²) < 4.78 is 34.7. The van der Waals surface area contributed by atoms with E-state index in [0.29, 0.717) is 17.4 Å². The standard InChI is InChI=1S/C22H25NO7S/c1-31(26,27)19-7-5-17(6-8-19)20-12-22-21(28-14-29-22)11-18(20)10-15-3-2-4-16(9-15)13-30-23(24)25/h5-8,11-12,15-16H,2-4,9-10,13-14H2,1H3. The zero-order valence-electron chi connectivity index (χ0n) is 17.3. The van der Waals surface area contributed by atoms with Crippen LogP contribution in [0.4, 0.5) is 0 Å². The maximum absolute atomic E-state index is 11.8. The zero-order valence-corrected chi connectivity index (χ0v) is 18.1. The molecule has 0 N–H and O–H groups in total. The first-order chi connectivity index (χ1) is 14.8. The Hall–Kier alpha value is -2.81. The van der Waals surface area contributed by atoms with Crippen LogP contribution in [-0.4, -0.2) is 33.2 Å². The lowest BCUT2D eigenvalue weighted by Gasteiger charge is -2.29. The first-order valence-corrected chi connectivity index (χ1v) is 12.2. The number of ether oxygens (including phenoxy) is 2. The molecule has 0 aromatic heterocycles. The van der Waals surface area contributed by atoms with Gasteiger partial charge in [-0.2, -0.15) is 0 Å². The van der Waals surface area contributed by atoms with Crippen LogP contribution in [0, 0.1) is 22.0 Å². The topological polar surface area (TPSA) is 105 Å². The molecule has 166 valence electrons. The summed E-state index contributed by atoms with van der Waals surface area (Å²) in [5.41, 5.74) is 2.98. The van der Waals surface area contributed by atoms with Gasteiger partial charge in [0.1, 0.15) is 0 Å². The fourth-order valence-corrected chi connectivity index (χ4v) is 5.15. The maximum atomic E-state index is 11.8. The lowest BCUT2D eigenvalue weighted by atomic mass is 9.78. The van der Waals surface area contributed by atoms with E-state index in [1.54, 1.807) is 12.1 Å². The van der Waals surface area contributed by atoms with Crippen LogP contribution in [0.15, 0.2) is 41.3 Å². The van der Waals surface area contributed by atoms with E-state index < -0.39 is 14.9 Å². The van der Waals surface area contributed by atoms with E-state index in [4.69, 9.17) is 9.47 Å². The number of benzene rings is 2. The summed E-state index contributed by atoms with van der Waals surface area (Å²) in [6, 6.07) is 10.8. The van der Waals surface area contributed by atoms with Crippen molar-refractivity contribution >= 4 is 9.84 Å². The lowest BCUT2D eigenvalue weighted by Crippen LogP contribution is -2.22. The molecule has 31 heavy (non-hydrogen) atoms. The molecule has 1 fully saturated rings. The summed E-state index contributed by atoms with van der Waals surface area (Å²) in [5, 5.41) is 9.81. The van der Waals surface area contributed by atoms with Gasteiger partial charge >= 0.3 is 0 Å². The summed E-state index contributed by atoms with van der Waals surface area (Å²) in [4.78, 5) is 15.4. The molecule has 2 unspecified atom stereocenters. The van der Waals surface area contributed by atoms with Crippen molar-refractivity contribution in [3.8, 4) is 22.6 Å². The van der Waals surface area contributed by atoms with Crippen molar-refractivity contribution < 1.29 is 27.8 Å². The Kier molecular flexibility index (Phi) is 6.04. The molecule has 2 aromatic carbocycles. The van der Waals surface area contributed by atoms with Crippen LogP contribution in [0.2, 0.25) is 0 Å². The predicted molar refractivity (Wildman–Crippen MR) is 113 cm³/mol. The highest BCUT2D eigenvalue weighted by molar-refractivity contribution is 7.90. The first-order valence-electron chi connectivity index (χ1n) is 10.3. The van der Waals surface area contributed by atoms with Crippen molar-refractivity contribution in [2.75, 3.05) is 19.7 Å². The van der Waals surface area contributed by atoms with E-state index in [1.165, 1.54) is 6.26 Å². The molecular weight excluding hydrogens is 422 g/mol. The highest BCUT2D eigenvalue weighted by atomic mass is 32.2. The Morgan fingerprint density at radius 2 is 1.77 bits per heavy atom. The Morgan fingerprint density at radius 3 is 2.45 bits per heavy atom. The van der Waals surface area contributed by atoms with Crippen LogP contribution in [0.1, 0.15) is 31.2 Å². The molecule has 1 aliphatic heterocycles. The van der Waals surface area contributed by atoms with E-state index in [1.807, 2.05) is 24.3 Å². The number of hydrogen-bond donors (Lipinski definition) is 0. The fourth-order valence-electron chi connectivity index (χ4n) is 4.52. The van der Waals surface area contributed by atoms with Gasteiger partial charge in [0.2, 0.25) is 6.79 Å². The SMILES string of the molecule is CS(=O)(=O)c1ccc(-c2cc3c(cc2CC2CCCC(CO[N+](=O)[O-])C2)OCO3)cc1. The normalized spacial score (nSPS) is 20.4. The van der Waals surface area contributed by atoms with Crippen molar-refractivity contribution in [2.24, 2.45) is 11.8 Å². The molecule has 0 amide bonds. The maximum Gasteiger partial charge on any atom is 0.294 e. The van der Waals surface area contributed by atoms with E-state index >= 15 is 0 Å². The van der Waals surface area contributed by atoms with Gasteiger partial charge in [0.05, 0.1) is 11.5 Å². The van der Waals surface area contributed by atoms with E-state index in [-0.39, 0.29) is 24.2 Å². The molecular formula is C22H25NO7S. The molecule has 0 radical (unpaired) electrons. The van der Waals surface area contributed by atoms with Gasteiger partial charge in [-0.1, -0.05) is 25.0 Å². The van der Waals surface area contributed by atoms with Crippen molar-refractivity contribution in [1.29, 1.82) is 0 Å². The van der Waals surface area contributed by atoms with Gasteiger partial charge in [-0.05, 0) is 72.1 Å². The second-order valence-corrected chi connectivity index (χ2v) is 10.3. The number of nitrogens with zero attached hydrogens (tertiary/aromatic N) is 1. The van der Waals surface area contributed by atoms with Gasteiger partial charge in [0.25, 0.3) is 5.09 Å². The van der Waals surface area contributed by atoms with E-state index in [9.17, 15) is 18.5 Å². The van der Waals surface area contributed by atoms with Crippen LogP contribution in [-0.2, 0) is 21.1 Å². The van der Waals surface area contributed by atoms with Gasteiger partial charge in [-0.25, -0.2) is 8.42 Å². The third-order valence-corrected chi connectivity index (χ3v) is 7.14. The molecule has 2 atom stereocenters. The van der Waals surface area contributed by atoms with Crippen molar-refractivity contribution in [1.82, 2.24) is 0 Å². The summed E-state index contributed by atoms with van der Waals surface area (Å²) in [6.07, 6.45) is 5.86. The van der Waals surface area contributed by atoms with Crippen molar-refractivity contribution in [3.63, 3.8) is 0 Å². The zero-order chi connectivity index (χ0) is 22.0. The molecule has 2 aliphatic rings. The second-order valence-electron chi connectivity index (χ2n) is 8.28. The molecule has 0 spiro atoms. The fraction of sp³-hybridized carbons (Fsp3) is 0.455. The summed E-state index contributed by atoms with van der Waals surface area (Å²) >= 11 is 0. The Labute approximate surface area is 181 Å². The minimum atomic E-state index is -3.27. The highest BCUT2D eigenvalue weighted by Crippen LogP contribution is 2.41. The summed E-state index contributed by atoms with van der Waals surface area (Å²) in [5.74, 6) is 1.93. The van der Waals surface area contributed by atoms with Gasteiger partial charge in [-0.3, -0.25) is 0 Å². The molecule has 2 aromatic rings. The predicted octanol–water partition coefficient (Wildman–Crippen LogP) is 4.04. The monoisotopic (exact) mass is 447 g/mol. The molecule has 9 heteroatoms. The molecule has 0 saturated heterocycles. The first kappa shape index (κ1) is 21.4. The smallest absolute Gasteiger partial charge is 0.294 e. The van der Waals surface area contributed by atoms with Crippen molar-refractivity contribution in [3.05, 3.63) is 52.1 Å². The molecule has 4 rings (SSSR count). The van der Waals surface area contributed by atoms with Gasteiger partial charge in [-0.15, -0.1) is 10.1 Å². The lowest BCUT2D eigenvalue weighted by molar-refractivity contribution is -0.759. The van der Waals surface area contributed by atoms with Crippen LogP contribution in [0.3, 0.4) is 0 Å². The Balaban J connectivity index is 1.59. The van der Waals surface area contributed by atoms with E-state index in [2.05, 4.69) is 4.84 Å². The van der Waals surface area contributed by atoms with Crippen molar-refractivity contribution in [2.45, 2.75) is 37.0 Å². The largest absolute Gasteiger partial charge is 0.454 e. The summed E-state index contributed by atoms with van der Waals surface area (Å²) in [7, 11) is -3.27. The minimum Gasteiger partial charge on any atom is -0.454 e. The van der Waals surface area contributed by atoms with Gasteiger partial charge in [0.15, 0.2) is 21.3 Å². The van der Waals surface area contributed by atoms with Crippen LogP contribution >= 0.6 is 0 Å². The average molecular weight is 448 g/mol. The van der Waals surface area contributed by atoms with Crippen LogP contribution in [0.25, 0.3) is 11.1 Å². The number of hydrogen-bond acceptors (Lipinski definition) is 7. The number of sulfone groups is 1. The molecule has 1 aliphatic carbocycles. The average Bonchev–Trinajstić information content (AvgIpc) is 3.19. The number of fused-ring (bicyclic) bond motifs is 1.